The third kappa shape index (κ3) is 3.73. The molecule has 148 valence electrons. The summed E-state index contributed by atoms with van der Waals surface area (Å²) in [6.45, 7) is 7.85. The number of rotatable bonds is 4. The zero-order chi connectivity index (χ0) is 20.7. The van der Waals surface area contributed by atoms with Crippen molar-refractivity contribution in [3.05, 3.63) is 63.5 Å². The van der Waals surface area contributed by atoms with Gasteiger partial charge in [-0.05, 0) is 57.0 Å². The van der Waals surface area contributed by atoms with Gasteiger partial charge in [0.25, 0.3) is 5.91 Å². The summed E-state index contributed by atoms with van der Waals surface area (Å²) in [6, 6.07) is 10.3. The Bertz CT molecular complexity index is 1300. The Hall–Kier alpha value is -3.19. The molecule has 4 rings (SSSR count). The molecule has 1 amide bonds. The fraction of sp³-hybridized carbons (Fsp3) is 0.227. The Morgan fingerprint density at radius 2 is 1.97 bits per heavy atom. The van der Waals surface area contributed by atoms with Crippen molar-refractivity contribution >= 4 is 43.6 Å². The lowest BCUT2D eigenvalue weighted by Crippen LogP contribution is -2.15. The molecule has 7 heteroatoms. The van der Waals surface area contributed by atoms with Crippen molar-refractivity contribution in [3.8, 4) is 5.75 Å². The zero-order valence-electron chi connectivity index (χ0n) is 16.5. The van der Waals surface area contributed by atoms with Crippen LogP contribution in [0.15, 0.2) is 45.6 Å². The topological polar surface area (TPSA) is 81.4 Å². The number of carbonyl (C=O) groups is 1. The average molecular weight is 408 g/mol. The van der Waals surface area contributed by atoms with E-state index in [1.54, 1.807) is 18.2 Å². The van der Waals surface area contributed by atoms with Gasteiger partial charge >= 0.3 is 5.63 Å². The Morgan fingerprint density at radius 1 is 1.17 bits per heavy atom. The minimum absolute atomic E-state index is 0.0169. The third-order valence-corrected chi connectivity index (χ3v) is 5.57. The lowest BCUT2D eigenvalue weighted by Gasteiger charge is -2.11. The number of nitrogens with zero attached hydrogens (tertiary/aromatic N) is 1. The summed E-state index contributed by atoms with van der Waals surface area (Å²) in [4.78, 5) is 29.5. The van der Waals surface area contributed by atoms with E-state index in [1.165, 1.54) is 17.4 Å². The summed E-state index contributed by atoms with van der Waals surface area (Å²) in [5.74, 6) is 0.166. The van der Waals surface area contributed by atoms with E-state index in [9.17, 15) is 9.59 Å². The first-order valence-corrected chi connectivity index (χ1v) is 10.1. The van der Waals surface area contributed by atoms with Crippen LogP contribution in [0, 0.1) is 13.8 Å². The molecule has 2 aromatic heterocycles. The molecule has 0 radical (unpaired) electrons. The molecule has 0 aliphatic rings. The van der Waals surface area contributed by atoms with Crippen molar-refractivity contribution < 1.29 is 13.9 Å². The minimum atomic E-state index is -0.597. The molecule has 0 saturated carbocycles. The average Bonchev–Trinajstić information content (AvgIpc) is 3.06. The van der Waals surface area contributed by atoms with E-state index >= 15 is 0 Å². The number of thiazole rings is 1. The molecule has 0 saturated heterocycles. The number of aromatic nitrogens is 1. The number of benzene rings is 2. The maximum absolute atomic E-state index is 12.9. The number of nitrogens with one attached hydrogen (secondary N) is 1. The molecule has 0 aliphatic carbocycles. The Kier molecular flexibility index (Phi) is 4.84. The van der Waals surface area contributed by atoms with Crippen molar-refractivity contribution in [3.63, 3.8) is 0 Å². The van der Waals surface area contributed by atoms with Gasteiger partial charge in [0.05, 0.1) is 21.9 Å². The predicted molar refractivity (Wildman–Crippen MR) is 115 cm³/mol. The van der Waals surface area contributed by atoms with E-state index < -0.39 is 11.5 Å². The van der Waals surface area contributed by atoms with Gasteiger partial charge in [-0.3, -0.25) is 10.1 Å². The van der Waals surface area contributed by atoms with Gasteiger partial charge in [-0.2, -0.15) is 0 Å². The minimum Gasteiger partial charge on any atom is -0.491 e. The van der Waals surface area contributed by atoms with Crippen LogP contribution in [-0.2, 0) is 0 Å². The van der Waals surface area contributed by atoms with E-state index in [4.69, 9.17) is 9.15 Å². The molecule has 0 spiro atoms. The number of ether oxygens (including phenoxy) is 1. The van der Waals surface area contributed by atoms with E-state index in [0.717, 1.165) is 21.3 Å². The Balaban J connectivity index is 1.71. The number of anilines is 1. The lowest BCUT2D eigenvalue weighted by atomic mass is 10.1. The van der Waals surface area contributed by atoms with Crippen molar-refractivity contribution in [1.82, 2.24) is 4.98 Å². The van der Waals surface area contributed by atoms with Crippen LogP contribution in [0.25, 0.3) is 21.2 Å². The summed E-state index contributed by atoms with van der Waals surface area (Å²) in [6.07, 6.45) is -0.0169. The van der Waals surface area contributed by atoms with Crippen LogP contribution in [0.3, 0.4) is 0 Å². The summed E-state index contributed by atoms with van der Waals surface area (Å²) < 4.78 is 11.9. The highest BCUT2D eigenvalue weighted by Crippen LogP contribution is 2.30. The summed E-state index contributed by atoms with van der Waals surface area (Å²) in [5, 5.41) is 3.84. The molecule has 4 aromatic rings. The standard InChI is InChI=1S/C22H20N2O4S/c1-11(2)27-14-6-7-15-16(10-19(25)28-17(15)9-14)21(26)24-22-23-20-13(4)12(3)5-8-18(20)29-22/h5-11H,1-4H3,(H,23,24,26). The second-order valence-corrected chi connectivity index (χ2v) is 8.16. The summed E-state index contributed by atoms with van der Waals surface area (Å²) in [7, 11) is 0. The second-order valence-electron chi connectivity index (χ2n) is 7.13. The quantitative estimate of drug-likeness (QED) is 0.477. The molecular formula is C22H20N2O4S. The van der Waals surface area contributed by atoms with Crippen LogP contribution in [0.5, 0.6) is 5.75 Å². The molecule has 0 atom stereocenters. The van der Waals surface area contributed by atoms with Crippen LogP contribution in [0.2, 0.25) is 0 Å². The van der Waals surface area contributed by atoms with Gasteiger partial charge in [0.1, 0.15) is 11.3 Å². The molecule has 0 fully saturated rings. The maximum atomic E-state index is 12.9. The Morgan fingerprint density at radius 3 is 2.72 bits per heavy atom. The first-order valence-electron chi connectivity index (χ1n) is 9.24. The molecule has 29 heavy (non-hydrogen) atoms. The smallest absolute Gasteiger partial charge is 0.337 e. The fourth-order valence-electron chi connectivity index (χ4n) is 3.12. The molecule has 2 aromatic carbocycles. The zero-order valence-corrected chi connectivity index (χ0v) is 17.3. The van der Waals surface area contributed by atoms with Gasteiger partial charge in [0.2, 0.25) is 0 Å². The molecular weight excluding hydrogens is 388 g/mol. The number of carbonyl (C=O) groups excluding carboxylic acids is 1. The molecule has 2 heterocycles. The van der Waals surface area contributed by atoms with Gasteiger partial charge in [-0.1, -0.05) is 17.4 Å². The molecule has 0 aliphatic heterocycles. The van der Waals surface area contributed by atoms with Gasteiger partial charge in [0, 0.05) is 17.5 Å². The highest BCUT2D eigenvalue weighted by atomic mass is 32.1. The normalized spacial score (nSPS) is 11.3. The summed E-state index contributed by atoms with van der Waals surface area (Å²) >= 11 is 1.40. The van der Waals surface area contributed by atoms with E-state index in [-0.39, 0.29) is 11.7 Å². The van der Waals surface area contributed by atoms with Crippen molar-refractivity contribution in [2.45, 2.75) is 33.8 Å². The van der Waals surface area contributed by atoms with Gasteiger partial charge in [0.15, 0.2) is 5.13 Å². The highest BCUT2D eigenvalue weighted by Gasteiger charge is 2.17. The molecule has 0 unspecified atom stereocenters. The van der Waals surface area contributed by atoms with E-state index in [0.29, 0.717) is 21.9 Å². The number of aryl methyl sites for hydroxylation is 2. The Labute approximate surface area is 171 Å². The predicted octanol–water partition coefficient (Wildman–Crippen LogP) is 5.06. The van der Waals surface area contributed by atoms with E-state index in [1.807, 2.05) is 39.8 Å². The SMILES string of the molecule is Cc1ccc2sc(NC(=O)c3cc(=O)oc4cc(OC(C)C)ccc34)nc2c1C. The van der Waals surface area contributed by atoms with Gasteiger partial charge in [-0.25, -0.2) is 9.78 Å². The van der Waals surface area contributed by atoms with Crippen molar-refractivity contribution in [2.75, 3.05) is 5.32 Å². The monoisotopic (exact) mass is 408 g/mol. The summed E-state index contributed by atoms with van der Waals surface area (Å²) in [5.41, 5.74) is 3.05. The first-order chi connectivity index (χ1) is 13.8. The lowest BCUT2D eigenvalue weighted by molar-refractivity contribution is 0.102. The first kappa shape index (κ1) is 19.1. The van der Waals surface area contributed by atoms with Crippen molar-refractivity contribution in [2.24, 2.45) is 0 Å². The molecule has 6 nitrogen and oxygen atoms in total. The van der Waals surface area contributed by atoms with Gasteiger partial charge in [-0.15, -0.1) is 0 Å². The largest absolute Gasteiger partial charge is 0.491 e. The third-order valence-electron chi connectivity index (χ3n) is 4.64. The van der Waals surface area contributed by atoms with Crippen LogP contribution < -0.4 is 15.7 Å². The maximum Gasteiger partial charge on any atom is 0.337 e. The molecule has 1 N–H and O–H groups in total. The van der Waals surface area contributed by atoms with Gasteiger partial charge < -0.3 is 9.15 Å². The van der Waals surface area contributed by atoms with Crippen LogP contribution in [0.1, 0.15) is 35.3 Å². The number of fused-ring (bicyclic) bond motifs is 2. The van der Waals surface area contributed by atoms with E-state index in [2.05, 4.69) is 10.3 Å². The number of hydrogen-bond acceptors (Lipinski definition) is 6. The molecule has 0 bridgehead atoms. The van der Waals surface area contributed by atoms with Crippen LogP contribution in [0.4, 0.5) is 5.13 Å². The van der Waals surface area contributed by atoms with Crippen molar-refractivity contribution in [1.29, 1.82) is 0 Å². The number of hydrogen-bond donors (Lipinski definition) is 1. The fourth-order valence-corrected chi connectivity index (χ4v) is 4.04. The van der Waals surface area contributed by atoms with Crippen LogP contribution >= 0.6 is 11.3 Å². The number of amides is 1. The van der Waals surface area contributed by atoms with Crippen LogP contribution in [-0.4, -0.2) is 17.0 Å². The highest BCUT2D eigenvalue weighted by molar-refractivity contribution is 7.22. The second kappa shape index (κ2) is 7.33.